The van der Waals surface area contributed by atoms with E-state index in [1.165, 1.54) is 25.4 Å². The number of halogens is 2. The topological polar surface area (TPSA) is 100 Å². The minimum atomic E-state index is -3.89. The molecule has 1 N–H and O–H groups in total. The van der Waals surface area contributed by atoms with Crippen LogP contribution in [-0.4, -0.2) is 72.5 Å². The Balaban J connectivity index is 1.94. The maximum absolute atomic E-state index is 13.2. The van der Waals surface area contributed by atoms with Gasteiger partial charge in [0.1, 0.15) is 17.5 Å². The molecule has 1 aromatic heterocycles. The van der Waals surface area contributed by atoms with Gasteiger partial charge in [-0.25, -0.2) is 17.8 Å². The Morgan fingerprint density at radius 2 is 2.03 bits per heavy atom. The first-order chi connectivity index (χ1) is 15.0. The van der Waals surface area contributed by atoms with Gasteiger partial charge in [0.25, 0.3) is 5.91 Å². The number of sulfonamides is 1. The third-order valence-electron chi connectivity index (χ3n) is 5.45. The molecule has 2 aromatic rings. The van der Waals surface area contributed by atoms with Gasteiger partial charge in [0.15, 0.2) is 0 Å². The molecule has 1 aliphatic rings. The van der Waals surface area contributed by atoms with Crippen LogP contribution in [0.5, 0.6) is 5.88 Å². The summed E-state index contributed by atoms with van der Waals surface area (Å²) in [6.07, 6.45) is 0.859. The van der Waals surface area contributed by atoms with Crippen molar-refractivity contribution in [1.82, 2.24) is 14.2 Å². The van der Waals surface area contributed by atoms with Crippen molar-refractivity contribution in [2.45, 2.75) is 30.9 Å². The molecule has 0 saturated carbocycles. The number of rotatable bonds is 6. The maximum Gasteiger partial charge on any atom is 0.259 e. The maximum atomic E-state index is 13.2. The molecular weight excluding hydrogens is 505 g/mol. The first-order valence-electron chi connectivity index (χ1n) is 10.0. The average Bonchev–Trinajstić information content (AvgIpc) is 2.76. The Morgan fingerprint density at radius 3 is 2.66 bits per heavy atom. The molecule has 8 nitrogen and oxygen atoms in total. The Hall–Kier alpha value is -2.08. The standard InChI is InChI=1S/C21H25BrFN3O5S/c1-13-10-26(14(2)12-27)21(28)18-8-15(22)9-24-20(18)31-19(13)11-25(3)32(29,30)17-6-4-16(23)5-7-17/h4-9,13-14,19,27H,10-12H2,1-3H3/t13-,14+,19-/m1/s1. The van der Waals surface area contributed by atoms with E-state index in [0.29, 0.717) is 4.47 Å². The predicted octanol–water partition coefficient (Wildman–Crippen LogP) is 2.52. The first kappa shape index (κ1) is 24.6. The van der Waals surface area contributed by atoms with Gasteiger partial charge in [-0.1, -0.05) is 6.92 Å². The van der Waals surface area contributed by atoms with Crippen LogP contribution in [0.1, 0.15) is 24.2 Å². The summed E-state index contributed by atoms with van der Waals surface area (Å²) >= 11 is 3.31. The minimum absolute atomic E-state index is 0.0202. The van der Waals surface area contributed by atoms with Gasteiger partial charge in [0.05, 0.1) is 24.1 Å². The zero-order chi connectivity index (χ0) is 23.6. The van der Waals surface area contributed by atoms with Crippen molar-refractivity contribution in [3.8, 4) is 5.88 Å². The van der Waals surface area contributed by atoms with Gasteiger partial charge in [0.2, 0.25) is 15.9 Å². The molecular formula is C21H25BrFN3O5S. The molecule has 11 heteroatoms. The lowest BCUT2D eigenvalue weighted by atomic mass is 10.0. The fourth-order valence-electron chi connectivity index (χ4n) is 3.43. The van der Waals surface area contributed by atoms with Crippen LogP contribution >= 0.6 is 15.9 Å². The molecule has 0 spiro atoms. The smallest absolute Gasteiger partial charge is 0.259 e. The Labute approximate surface area is 195 Å². The zero-order valence-electron chi connectivity index (χ0n) is 17.9. The van der Waals surface area contributed by atoms with Gasteiger partial charge < -0.3 is 14.7 Å². The summed E-state index contributed by atoms with van der Waals surface area (Å²) in [7, 11) is -2.47. The Morgan fingerprint density at radius 1 is 1.38 bits per heavy atom. The molecule has 0 fully saturated rings. The van der Waals surface area contributed by atoms with Gasteiger partial charge in [-0.05, 0) is 53.2 Å². The zero-order valence-corrected chi connectivity index (χ0v) is 20.3. The number of carbonyl (C=O) groups excluding carboxylic acids is 1. The molecule has 2 heterocycles. The normalized spacial score (nSPS) is 20.3. The number of hydrogen-bond acceptors (Lipinski definition) is 6. The van der Waals surface area contributed by atoms with Gasteiger partial charge in [0, 0.05) is 30.2 Å². The highest BCUT2D eigenvalue weighted by Gasteiger charge is 2.35. The van der Waals surface area contributed by atoms with Crippen molar-refractivity contribution in [1.29, 1.82) is 0 Å². The summed E-state index contributed by atoms with van der Waals surface area (Å²) in [4.78, 5) is 18.9. The third kappa shape index (κ3) is 5.11. The van der Waals surface area contributed by atoms with E-state index in [0.717, 1.165) is 16.4 Å². The predicted molar refractivity (Wildman–Crippen MR) is 119 cm³/mol. The number of aliphatic hydroxyl groups is 1. The quantitative estimate of drug-likeness (QED) is 0.617. The molecule has 0 aliphatic carbocycles. The van der Waals surface area contributed by atoms with E-state index in [1.54, 1.807) is 17.9 Å². The van der Waals surface area contributed by atoms with Crippen molar-refractivity contribution in [3.63, 3.8) is 0 Å². The molecule has 0 saturated heterocycles. The van der Waals surface area contributed by atoms with Crippen LogP contribution < -0.4 is 4.74 Å². The van der Waals surface area contributed by atoms with Crippen LogP contribution in [0, 0.1) is 11.7 Å². The van der Waals surface area contributed by atoms with E-state index in [2.05, 4.69) is 20.9 Å². The van der Waals surface area contributed by atoms with Crippen LogP contribution in [0.2, 0.25) is 0 Å². The summed E-state index contributed by atoms with van der Waals surface area (Å²) in [5.74, 6) is -1.04. The number of pyridine rings is 1. The van der Waals surface area contributed by atoms with Crippen LogP contribution in [0.15, 0.2) is 45.9 Å². The number of likely N-dealkylation sites (N-methyl/N-ethyl adjacent to an activating group) is 1. The number of nitrogens with zero attached hydrogens (tertiary/aromatic N) is 3. The van der Waals surface area contributed by atoms with Crippen LogP contribution in [-0.2, 0) is 10.0 Å². The molecule has 3 atom stereocenters. The van der Waals surface area contributed by atoms with E-state index < -0.39 is 28.0 Å². The summed E-state index contributed by atoms with van der Waals surface area (Å²) in [6.45, 7) is 3.59. The second-order valence-corrected chi connectivity index (χ2v) is 10.8. The molecule has 174 valence electrons. The van der Waals surface area contributed by atoms with Gasteiger partial charge in [-0.15, -0.1) is 0 Å². The van der Waals surface area contributed by atoms with Gasteiger partial charge in [-0.2, -0.15) is 4.31 Å². The average molecular weight is 530 g/mol. The molecule has 1 aliphatic heterocycles. The van der Waals surface area contributed by atoms with E-state index in [9.17, 15) is 22.7 Å². The van der Waals surface area contributed by atoms with Crippen molar-refractivity contribution in [2.24, 2.45) is 5.92 Å². The summed E-state index contributed by atoms with van der Waals surface area (Å²) in [6, 6.07) is 5.74. The number of carbonyl (C=O) groups is 1. The number of hydrogen-bond donors (Lipinski definition) is 1. The molecule has 1 amide bonds. The Kier molecular flexibility index (Phi) is 7.53. The fourth-order valence-corrected chi connectivity index (χ4v) is 4.95. The van der Waals surface area contributed by atoms with Crippen LogP contribution in [0.25, 0.3) is 0 Å². The minimum Gasteiger partial charge on any atom is -0.472 e. The van der Waals surface area contributed by atoms with Gasteiger partial charge >= 0.3 is 0 Å². The molecule has 3 rings (SSSR count). The van der Waals surface area contributed by atoms with Crippen molar-refractivity contribution < 1.29 is 27.4 Å². The van der Waals surface area contributed by atoms with E-state index >= 15 is 0 Å². The number of aromatic nitrogens is 1. The third-order valence-corrected chi connectivity index (χ3v) is 7.72. The number of benzene rings is 1. The van der Waals surface area contributed by atoms with Gasteiger partial charge in [-0.3, -0.25) is 4.79 Å². The number of fused-ring (bicyclic) bond motifs is 1. The van der Waals surface area contributed by atoms with Crippen LogP contribution in [0.4, 0.5) is 4.39 Å². The summed E-state index contributed by atoms with van der Waals surface area (Å²) < 4.78 is 46.9. The molecule has 0 radical (unpaired) electrons. The summed E-state index contributed by atoms with van der Waals surface area (Å²) in [5.41, 5.74) is 0.223. The lowest BCUT2D eigenvalue weighted by Crippen LogP contribution is -2.50. The number of amides is 1. The van der Waals surface area contributed by atoms with E-state index in [1.807, 2.05) is 6.92 Å². The second-order valence-electron chi connectivity index (χ2n) is 7.87. The van der Waals surface area contributed by atoms with Crippen molar-refractivity contribution in [3.05, 3.63) is 52.4 Å². The fraction of sp³-hybridized carbons (Fsp3) is 0.429. The van der Waals surface area contributed by atoms with Crippen molar-refractivity contribution in [2.75, 3.05) is 26.7 Å². The highest BCUT2D eigenvalue weighted by molar-refractivity contribution is 9.10. The number of aliphatic hydroxyl groups excluding tert-OH is 1. The number of ether oxygens (including phenoxy) is 1. The van der Waals surface area contributed by atoms with E-state index in [-0.39, 0.29) is 47.9 Å². The monoisotopic (exact) mass is 529 g/mol. The molecule has 1 aromatic carbocycles. The Bertz CT molecular complexity index is 1080. The first-order valence-corrected chi connectivity index (χ1v) is 12.2. The van der Waals surface area contributed by atoms with Crippen LogP contribution in [0.3, 0.4) is 0 Å². The van der Waals surface area contributed by atoms with Crippen molar-refractivity contribution >= 4 is 31.9 Å². The second kappa shape index (κ2) is 9.82. The molecule has 0 unspecified atom stereocenters. The lowest BCUT2D eigenvalue weighted by Gasteiger charge is -2.37. The summed E-state index contributed by atoms with van der Waals surface area (Å²) in [5, 5.41) is 9.66. The molecule has 0 bridgehead atoms. The highest BCUT2D eigenvalue weighted by Crippen LogP contribution is 2.29. The SMILES string of the molecule is C[C@@H]1CN([C@@H](C)CO)C(=O)c2cc(Br)cnc2O[C@@H]1CN(C)S(=O)(=O)c1ccc(F)cc1. The highest BCUT2D eigenvalue weighted by atomic mass is 79.9. The molecule has 32 heavy (non-hydrogen) atoms. The lowest BCUT2D eigenvalue weighted by molar-refractivity contribution is 0.0373. The largest absolute Gasteiger partial charge is 0.472 e. The van der Waals surface area contributed by atoms with E-state index in [4.69, 9.17) is 4.74 Å².